The van der Waals surface area contributed by atoms with Crippen molar-refractivity contribution >= 4 is 23.0 Å². The number of carbonyl (C=O) groups excluding carboxylic acids is 1. The van der Waals surface area contributed by atoms with Crippen LogP contribution >= 0.6 is 0 Å². The summed E-state index contributed by atoms with van der Waals surface area (Å²) in [6.07, 6.45) is 2.64. The van der Waals surface area contributed by atoms with Crippen molar-refractivity contribution in [2.24, 2.45) is 0 Å². The predicted octanol–water partition coefficient (Wildman–Crippen LogP) is 3.68. The smallest absolute Gasteiger partial charge is 0.269 e. The van der Waals surface area contributed by atoms with E-state index in [0.29, 0.717) is 0 Å². The summed E-state index contributed by atoms with van der Waals surface area (Å²) in [7, 11) is 0. The highest BCUT2D eigenvalue weighted by Crippen LogP contribution is 2.26. The van der Waals surface area contributed by atoms with Gasteiger partial charge in [-0.2, -0.15) is 0 Å². The topological polar surface area (TPSA) is 75.5 Å². The van der Waals surface area contributed by atoms with Crippen LogP contribution in [0.5, 0.6) is 0 Å². The van der Waals surface area contributed by atoms with Gasteiger partial charge in [0.1, 0.15) is 0 Å². The van der Waals surface area contributed by atoms with Crippen LogP contribution in [0.4, 0.5) is 17.1 Å². The SMILES string of the molecule is Cc1cc(NC(=O)Cc2ccc([N+](=O)[O-])cc2)ccc1N1CCCC1. The number of hydrogen-bond donors (Lipinski definition) is 1. The highest BCUT2D eigenvalue weighted by atomic mass is 16.6. The molecule has 0 saturated carbocycles. The zero-order chi connectivity index (χ0) is 17.8. The van der Waals surface area contributed by atoms with Crippen molar-refractivity contribution < 1.29 is 9.72 Å². The zero-order valence-corrected chi connectivity index (χ0v) is 14.2. The Hall–Kier alpha value is -2.89. The number of nitro groups is 1. The van der Waals surface area contributed by atoms with Crippen LogP contribution in [0.1, 0.15) is 24.0 Å². The van der Waals surface area contributed by atoms with Gasteiger partial charge in [0.15, 0.2) is 0 Å². The van der Waals surface area contributed by atoms with Crippen LogP contribution in [-0.2, 0) is 11.2 Å². The van der Waals surface area contributed by atoms with Gasteiger partial charge in [0.25, 0.3) is 5.69 Å². The van der Waals surface area contributed by atoms with E-state index in [9.17, 15) is 14.9 Å². The monoisotopic (exact) mass is 339 g/mol. The van der Waals surface area contributed by atoms with Crippen molar-refractivity contribution in [1.29, 1.82) is 0 Å². The minimum Gasteiger partial charge on any atom is -0.371 e. The summed E-state index contributed by atoms with van der Waals surface area (Å²) in [6.45, 7) is 4.24. The highest BCUT2D eigenvalue weighted by Gasteiger charge is 2.15. The lowest BCUT2D eigenvalue weighted by Crippen LogP contribution is -2.19. The molecule has 2 aromatic carbocycles. The normalized spacial score (nSPS) is 13.7. The number of anilines is 2. The van der Waals surface area contributed by atoms with Crippen LogP contribution in [0, 0.1) is 17.0 Å². The molecular weight excluding hydrogens is 318 g/mol. The molecule has 1 aliphatic heterocycles. The van der Waals surface area contributed by atoms with Gasteiger partial charge in [-0.1, -0.05) is 12.1 Å². The third-order valence-electron chi connectivity index (χ3n) is 4.44. The number of carbonyl (C=O) groups is 1. The Morgan fingerprint density at radius 2 is 1.84 bits per heavy atom. The maximum absolute atomic E-state index is 12.2. The molecule has 1 aliphatic rings. The number of rotatable bonds is 5. The van der Waals surface area contributed by atoms with E-state index in [1.165, 1.54) is 30.7 Å². The summed E-state index contributed by atoms with van der Waals surface area (Å²) in [6, 6.07) is 12.0. The van der Waals surface area contributed by atoms with Gasteiger partial charge in [-0.25, -0.2) is 0 Å². The fourth-order valence-electron chi connectivity index (χ4n) is 3.17. The van der Waals surface area contributed by atoms with Gasteiger partial charge in [0.05, 0.1) is 11.3 Å². The van der Waals surface area contributed by atoms with Crippen molar-refractivity contribution in [3.8, 4) is 0 Å². The Morgan fingerprint density at radius 3 is 2.44 bits per heavy atom. The molecule has 0 radical (unpaired) electrons. The predicted molar refractivity (Wildman–Crippen MR) is 98.1 cm³/mol. The largest absolute Gasteiger partial charge is 0.371 e. The molecule has 25 heavy (non-hydrogen) atoms. The second-order valence-electron chi connectivity index (χ2n) is 6.34. The fourth-order valence-corrected chi connectivity index (χ4v) is 3.17. The van der Waals surface area contributed by atoms with Crippen LogP contribution < -0.4 is 10.2 Å². The van der Waals surface area contributed by atoms with Gasteiger partial charge in [-0.05, 0) is 49.1 Å². The zero-order valence-electron chi connectivity index (χ0n) is 14.2. The van der Waals surface area contributed by atoms with Crippen molar-refractivity contribution in [3.05, 3.63) is 63.7 Å². The number of non-ortho nitro benzene ring substituents is 1. The van der Waals surface area contributed by atoms with E-state index < -0.39 is 4.92 Å². The van der Waals surface area contributed by atoms with Gasteiger partial charge in [-0.15, -0.1) is 0 Å². The first-order chi connectivity index (χ1) is 12.0. The molecule has 0 aromatic heterocycles. The van der Waals surface area contributed by atoms with Gasteiger partial charge in [0, 0.05) is 36.6 Å². The molecule has 0 aliphatic carbocycles. The summed E-state index contributed by atoms with van der Waals surface area (Å²) in [5.41, 5.74) is 3.92. The molecule has 3 rings (SSSR count). The Bertz CT molecular complexity index is 781. The number of nitrogens with one attached hydrogen (secondary N) is 1. The minimum atomic E-state index is -0.450. The summed E-state index contributed by atoms with van der Waals surface area (Å²) < 4.78 is 0. The van der Waals surface area contributed by atoms with Crippen molar-refractivity contribution in [1.82, 2.24) is 0 Å². The Morgan fingerprint density at radius 1 is 1.16 bits per heavy atom. The van der Waals surface area contributed by atoms with Crippen molar-refractivity contribution in [2.45, 2.75) is 26.2 Å². The van der Waals surface area contributed by atoms with Gasteiger partial charge < -0.3 is 10.2 Å². The highest BCUT2D eigenvalue weighted by molar-refractivity contribution is 5.92. The molecule has 1 fully saturated rings. The Kier molecular flexibility index (Phi) is 4.97. The van der Waals surface area contributed by atoms with E-state index in [1.54, 1.807) is 12.1 Å². The third kappa shape index (κ3) is 4.15. The van der Waals surface area contributed by atoms with Crippen LogP contribution in [0.3, 0.4) is 0 Å². The third-order valence-corrected chi connectivity index (χ3v) is 4.44. The molecule has 0 atom stereocenters. The molecule has 1 saturated heterocycles. The van der Waals surface area contributed by atoms with E-state index in [2.05, 4.69) is 23.2 Å². The number of nitro benzene ring substituents is 1. The molecule has 1 N–H and O–H groups in total. The van der Waals surface area contributed by atoms with E-state index in [0.717, 1.165) is 29.9 Å². The standard InChI is InChI=1S/C19H21N3O3/c1-14-12-16(6-9-18(14)21-10-2-3-11-21)20-19(23)13-15-4-7-17(8-5-15)22(24)25/h4-9,12H,2-3,10-11,13H2,1H3,(H,20,23). The summed E-state index contributed by atoms with van der Waals surface area (Å²) in [5, 5.41) is 13.5. The molecule has 1 amide bonds. The fraction of sp³-hybridized carbons (Fsp3) is 0.316. The van der Waals surface area contributed by atoms with Gasteiger partial charge in [-0.3, -0.25) is 14.9 Å². The van der Waals surface area contributed by atoms with Crippen LogP contribution in [0.25, 0.3) is 0 Å². The molecule has 1 heterocycles. The molecule has 6 heteroatoms. The number of amides is 1. The molecule has 6 nitrogen and oxygen atoms in total. The maximum Gasteiger partial charge on any atom is 0.269 e. The molecule has 0 bridgehead atoms. The first-order valence-corrected chi connectivity index (χ1v) is 8.42. The van der Waals surface area contributed by atoms with Crippen LogP contribution in [0.2, 0.25) is 0 Å². The lowest BCUT2D eigenvalue weighted by atomic mass is 10.1. The van der Waals surface area contributed by atoms with E-state index in [1.807, 2.05) is 12.1 Å². The van der Waals surface area contributed by atoms with E-state index in [4.69, 9.17) is 0 Å². The number of nitrogens with zero attached hydrogens (tertiary/aromatic N) is 2. The number of aryl methyl sites for hydroxylation is 1. The van der Waals surface area contributed by atoms with Crippen LogP contribution in [-0.4, -0.2) is 23.9 Å². The second-order valence-corrected chi connectivity index (χ2v) is 6.34. The van der Waals surface area contributed by atoms with Crippen molar-refractivity contribution in [2.75, 3.05) is 23.3 Å². The summed E-state index contributed by atoms with van der Waals surface area (Å²) in [5.74, 6) is -0.137. The summed E-state index contributed by atoms with van der Waals surface area (Å²) in [4.78, 5) is 24.8. The van der Waals surface area contributed by atoms with E-state index >= 15 is 0 Å². The lowest BCUT2D eigenvalue weighted by Gasteiger charge is -2.20. The van der Waals surface area contributed by atoms with Crippen molar-refractivity contribution in [3.63, 3.8) is 0 Å². The molecular formula is C19H21N3O3. The molecule has 130 valence electrons. The molecule has 0 spiro atoms. The first-order valence-electron chi connectivity index (χ1n) is 8.42. The van der Waals surface area contributed by atoms with E-state index in [-0.39, 0.29) is 18.0 Å². The number of hydrogen-bond acceptors (Lipinski definition) is 4. The van der Waals surface area contributed by atoms with Crippen LogP contribution in [0.15, 0.2) is 42.5 Å². The average molecular weight is 339 g/mol. The molecule has 0 unspecified atom stereocenters. The quantitative estimate of drug-likeness (QED) is 0.666. The van der Waals surface area contributed by atoms with Gasteiger partial charge in [0.2, 0.25) is 5.91 Å². The lowest BCUT2D eigenvalue weighted by molar-refractivity contribution is -0.384. The first kappa shape index (κ1) is 17.0. The average Bonchev–Trinajstić information content (AvgIpc) is 3.09. The second kappa shape index (κ2) is 7.34. The Labute approximate surface area is 146 Å². The maximum atomic E-state index is 12.2. The molecule has 2 aromatic rings. The number of benzene rings is 2. The Balaban J connectivity index is 1.62. The summed E-state index contributed by atoms with van der Waals surface area (Å²) >= 11 is 0. The van der Waals surface area contributed by atoms with Gasteiger partial charge >= 0.3 is 0 Å². The minimum absolute atomic E-state index is 0.0253.